The van der Waals surface area contributed by atoms with Gasteiger partial charge < -0.3 is 14.8 Å². The molecule has 0 aliphatic carbocycles. The van der Waals surface area contributed by atoms with Crippen LogP contribution >= 0.6 is 0 Å². The molecule has 8 heteroatoms. The summed E-state index contributed by atoms with van der Waals surface area (Å²) in [7, 11) is -3.76. The van der Waals surface area contributed by atoms with Crippen molar-refractivity contribution in [3.05, 3.63) is 54.1 Å². The van der Waals surface area contributed by atoms with E-state index in [1.54, 1.807) is 36.4 Å². The van der Waals surface area contributed by atoms with Gasteiger partial charge in [0, 0.05) is 31.7 Å². The summed E-state index contributed by atoms with van der Waals surface area (Å²) in [6.07, 6.45) is 3.67. The topological polar surface area (TPSA) is 90.9 Å². The van der Waals surface area contributed by atoms with Crippen LogP contribution in [0, 0.1) is 6.92 Å². The molecule has 7 nitrogen and oxygen atoms in total. The lowest BCUT2D eigenvalue weighted by Crippen LogP contribution is -2.12. The molecule has 0 unspecified atom stereocenters. The van der Waals surface area contributed by atoms with Crippen molar-refractivity contribution in [2.45, 2.75) is 50.8 Å². The summed E-state index contributed by atoms with van der Waals surface area (Å²) in [6.45, 7) is 5.69. The van der Waals surface area contributed by atoms with E-state index in [1.807, 2.05) is 6.92 Å². The summed E-state index contributed by atoms with van der Waals surface area (Å²) in [5, 5.41) is 2.85. The maximum Gasteiger partial charge on any atom is 0.296 e. The van der Waals surface area contributed by atoms with Gasteiger partial charge in [0.2, 0.25) is 5.91 Å². The Morgan fingerprint density at radius 3 is 2.25 bits per heavy atom. The Morgan fingerprint density at radius 1 is 0.875 bits per heavy atom. The quantitative estimate of drug-likeness (QED) is 0.304. The molecule has 2 aromatic carbocycles. The molecule has 176 valence electrons. The van der Waals surface area contributed by atoms with E-state index in [1.165, 1.54) is 12.1 Å². The largest absolute Gasteiger partial charge is 0.494 e. The van der Waals surface area contributed by atoms with Crippen LogP contribution in [0.4, 0.5) is 5.69 Å². The number of carbonyl (C=O) groups excluding carboxylic acids is 1. The maximum absolute atomic E-state index is 12.1. The number of benzene rings is 2. The number of hydrogen-bond donors (Lipinski definition) is 1. The summed E-state index contributed by atoms with van der Waals surface area (Å²) in [5.74, 6) is 0.582. The van der Waals surface area contributed by atoms with Crippen LogP contribution in [0.25, 0.3) is 0 Å². The molecule has 0 fully saturated rings. The molecule has 2 rings (SSSR count). The second kappa shape index (κ2) is 13.9. The van der Waals surface area contributed by atoms with E-state index in [0.717, 1.165) is 25.0 Å². The zero-order chi connectivity index (χ0) is 23.2. The summed E-state index contributed by atoms with van der Waals surface area (Å²) >= 11 is 0. The summed E-state index contributed by atoms with van der Waals surface area (Å²) < 4.78 is 40.4. The fourth-order valence-corrected chi connectivity index (χ4v) is 3.67. The van der Waals surface area contributed by atoms with Crippen molar-refractivity contribution in [2.75, 3.05) is 31.7 Å². The van der Waals surface area contributed by atoms with E-state index < -0.39 is 10.1 Å². The second-order valence-corrected chi connectivity index (χ2v) is 9.05. The van der Waals surface area contributed by atoms with Gasteiger partial charge in [-0.25, -0.2) is 0 Å². The van der Waals surface area contributed by atoms with Crippen LogP contribution in [0.5, 0.6) is 5.75 Å². The highest BCUT2D eigenvalue weighted by Gasteiger charge is 2.14. The van der Waals surface area contributed by atoms with Crippen LogP contribution in [0.15, 0.2) is 53.4 Å². The lowest BCUT2D eigenvalue weighted by Gasteiger charge is -2.09. The van der Waals surface area contributed by atoms with Gasteiger partial charge in [0.25, 0.3) is 10.1 Å². The predicted octanol–water partition coefficient (Wildman–Crippen LogP) is 4.70. The van der Waals surface area contributed by atoms with Gasteiger partial charge in [-0.1, -0.05) is 31.0 Å². The van der Waals surface area contributed by atoms with E-state index in [2.05, 4.69) is 12.2 Å². The highest BCUT2D eigenvalue weighted by molar-refractivity contribution is 7.86. The number of amides is 1. The van der Waals surface area contributed by atoms with Crippen molar-refractivity contribution in [1.29, 1.82) is 0 Å². The van der Waals surface area contributed by atoms with Gasteiger partial charge in [-0.2, -0.15) is 8.42 Å². The number of carbonyl (C=O) groups is 1. The number of unbranched alkanes of at least 4 members (excludes halogenated alkanes) is 1. The fraction of sp³-hybridized carbons (Fsp3) is 0.458. The molecule has 0 saturated heterocycles. The number of aryl methyl sites for hydroxylation is 1. The van der Waals surface area contributed by atoms with Crippen LogP contribution in [-0.4, -0.2) is 40.8 Å². The number of rotatable bonds is 15. The first-order valence-electron chi connectivity index (χ1n) is 11.0. The third kappa shape index (κ3) is 9.80. The Kier molecular flexibility index (Phi) is 11.2. The summed E-state index contributed by atoms with van der Waals surface area (Å²) in [5.41, 5.74) is 1.68. The fourth-order valence-electron chi connectivity index (χ4n) is 2.73. The van der Waals surface area contributed by atoms with Crippen LogP contribution in [0.1, 0.15) is 44.6 Å². The Hall–Kier alpha value is -2.42. The molecule has 1 N–H and O–H groups in total. The molecule has 0 bridgehead atoms. The Balaban J connectivity index is 1.62. The molecule has 0 heterocycles. The van der Waals surface area contributed by atoms with E-state index >= 15 is 0 Å². The lowest BCUT2D eigenvalue weighted by atomic mass is 10.2. The first-order chi connectivity index (χ1) is 15.4. The van der Waals surface area contributed by atoms with Crippen molar-refractivity contribution in [3.63, 3.8) is 0 Å². The van der Waals surface area contributed by atoms with E-state index in [-0.39, 0.29) is 17.4 Å². The monoisotopic (exact) mass is 463 g/mol. The van der Waals surface area contributed by atoms with Crippen LogP contribution in [0.3, 0.4) is 0 Å². The van der Waals surface area contributed by atoms with Crippen molar-refractivity contribution >= 4 is 21.7 Å². The van der Waals surface area contributed by atoms with Gasteiger partial charge in [0.15, 0.2) is 0 Å². The van der Waals surface area contributed by atoms with Crippen LogP contribution in [-0.2, 0) is 23.8 Å². The standard InChI is InChI=1S/C24H33NO6S/c1-3-4-16-29-17-5-7-24(26)25-21-10-12-22(13-11-21)30-18-6-19-31-32(27,28)23-14-8-20(2)9-15-23/h8-15H,3-7,16-19H2,1-2H3,(H,25,26). The van der Waals surface area contributed by atoms with Gasteiger partial charge in [-0.3, -0.25) is 8.98 Å². The van der Waals surface area contributed by atoms with Crippen molar-refractivity contribution < 1.29 is 26.9 Å². The molecule has 32 heavy (non-hydrogen) atoms. The van der Waals surface area contributed by atoms with E-state index in [4.69, 9.17) is 13.7 Å². The molecule has 0 aromatic heterocycles. The Labute approximate surface area is 191 Å². The number of nitrogens with one attached hydrogen (secondary N) is 1. The van der Waals surface area contributed by atoms with E-state index in [9.17, 15) is 13.2 Å². The number of anilines is 1. The molecule has 0 atom stereocenters. The highest BCUT2D eigenvalue weighted by Crippen LogP contribution is 2.17. The smallest absolute Gasteiger partial charge is 0.296 e. The average molecular weight is 464 g/mol. The minimum absolute atomic E-state index is 0.0342. The zero-order valence-electron chi connectivity index (χ0n) is 18.8. The van der Waals surface area contributed by atoms with Gasteiger partial charge >= 0.3 is 0 Å². The molecule has 0 aliphatic heterocycles. The van der Waals surface area contributed by atoms with Crippen LogP contribution in [0.2, 0.25) is 0 Å². The van der Waals surface area contributed by atoms with Gasteiger partial charge in [-0.05, 0) is 56.2 Å². The Morgan fingerprint density at radius 2 is 1.56 bits per heavy atom. The second-order valence-electron chi connectivity index (χ2n) is 7.43. The molecular weight excluding hydrogens is 430 g/mol. The van der Waals surface area contributed by atoms with Crippen molar-refractivity contribution in [1.82, 2.24) is 0 Å². The minimum Gasteiger partial charge on any atom is -0.494 e. The van der Waals surface area contributed by atoms with E-state index in [0.29, 0.717) is 43.9 Å². The first kappa shape index (κ1) is 25.8. The molecule has 0 radical (unpaired) electrons. The first-order valence-corrected chi connectivity index (χ1v) is 12.4. The van der Waals surface area contributed by atoms with Gasteiger partial charge in [0.1, 0.15) is 5.75 Å². The van der Waals surface area contributed by atoms with Crippen molar-refractivity contribution in [2.24, 2.45) is 0 Å². The van der Waals surface area contributed by atoms with Gasteiger partial charge in [0.05, 0.1) is 18.1 Å². The number of ether oxygens (including phenoxy) is 2. The molecule has 1 amide bonds. The SMILES string of the molecule is CCCCOCCCC(=O)Nc1ccc(OCCCOS(=O)(=O)c2ccc(C)cc2)cc1. The lowest BCUT2D eigenvalue weighted by molar-refractivity contribution is -0.116. The summed E-state index contributed by atoms with van der Waals surface area (Å²) in [4.78, 5) is 12.1. The number of hydrogen-bond acceptors (Lipinski definition) is 6. The molecule has 0 saturated carbocycles. The maximum atomic E-state index is 12.1. The predicted molar refractivity (Wildman–Crippen MR) is 124 cm³/mol. The zero-order valence-corrected chi connectivity index (χ0v) is 19.7. The minimum atomic E-state index is -3.76. The normalized spacial score (nSPS) is 11.3. The highest BCUT2D eigenvalue weighted by atomic mass is 32.2. The van der Waals surface area contributed by atoms with Crippen molar-refractivity contribution in [3.8, 4) is 5.75 Å². The average Bonchev–Trinajstić information content (AvgIpc) is 2.77. The summed E-state index contributed by atoms with van der Waals surface area (Å²) in [6, 6.07) is 13.6. The van der Waals surface area contributed by atoms with Gasteiger partial charge in [-0.15, -0.1) is 0 Å². The molecule has 0 aliphatic rings. The third-order valence-corrected chi connectivity index (χ3v) is 5.90. The Bertz CT molecular complexity index is 911. The molecule has 0 spiro atoms. The molecule has 2 aromatic rings. The third-order valence-electron chi connectivity index (χ3n) is 4.58. The van der Waals surface area contributed by atoms with Crippen LogP contribution < -0.4 is 10.1 Å². The molecular formula is C24H33NO6S.